The Kier molecular flexibility index (Phi) is 5.98. The van der Waals surface area contributed by atoms with Crippen molar-refractivity contribution in [1.29, 1.82) is 0 Å². The van der Waals surface area contributed by atoms with Crippen LogP contribution in [0.2, 0.25) is 4.47 Å². The second-order valence-corrected chi connectivity index (χ2v) is 8.80. The van der Waals surface area contributed by atoms with Gasteiger partial charge in [-0.25, -0.2) is 9.97 Å². The molecule has 4 aromatic rings. The van der Waals surface area contributed by atoms with E-state index >= 15 is 0 Å². The number of methoxy groups -OCH3 is 3. The Morgan fingerprint density at radius 2 is 1.80 bits per heavy atom. The predicted molar refractivity (Wildman–Crippen MR) is 117 cm³/mol. The Balaban J connectivity index is 1.80. The number of benzene rings is 1. The first-order valence-electron chi connectivity index (χ1n) is 8.80. The lowest BCUT2D eigenvalue weighted by Crippen LogP contribution is -2.02. The molecular weight excluding hydrogens is 446 g/mol. The van der Waals surface area contributed by atoms with Crippen molar-refractivity contribution >= 4 is 40.5 Å². The molecule has 0 fully saturated rings. The number of aryl methyl sites for hydroxylation is 1. The van der Waals surface area contributed by atoms with Gasteiger partial charge in [0.2, 0.25) is 5.16 Å². The third kappa shape index (κ3) is 4.03. The van der Waals surface area contributed by atoms with Crippen molar-refractivity contribution in [2.75, 3.05) is 21.3 Å². The Bertz CT molecular complexity index is 1190. The molecule has 11 heteroatoms. The molecule has 8 nitrogen and oxygen atoms in total. The Labute approximate surface area is 186 Å². The fourth-order valence-electron chi connectivity index (χ4n) is 2.95. The molecule has 0 saturated heterocycles. The second-order valence-electron chi connectivity index (χ2n) is 6.16. The van der Waals surface area contributed by atoms with Gasteiger partial charge in [0.25, 0.3) is 5.78 Å². The van der Waals surface area contributed by atoms with E-state index in [0.29, 0.717) is 38.4 Å². The maximum Gasteiger partial charge on any atom is 0.253 e. The lowest BCUT2D eigenvalue weighted by Gasteiger charge is -2.16. The maximum atomic E-state index is 5.91. The summed E-state index contributed by atoms with van der Waals surface area (Å²) in [6.07, 6.45) is 1.76. The molecule has 156 valence electrons. The van der Waals surface area contributed by atoms with Crippen LogP contribution < -0.4 is 14.2 Å². The minimum atomic E-state index is 0.495. The van der Waals surface area contributed by atoms with E-state index in [1.807, 2.05) is 13.0 Å². The van der Waals surface area contributed by atoms with Crippen molar-refractivity contribution in [2.24, 2.45) is 0 Å². The van der Waals surface area contributed by atoms with Crippen LogP contribution in [0.15, 0.2) is 29.6 Å². The van der Waals surface area contributed by atoms with Crippen molar-refractivity contribution in [3.8, 4) is 28.5 Å². The van der Waals surface area contributed by atoms with Crippen molar-refractivity contribution in [3.05, 3.63) is 39.4 Å². The van der Waals surface area contributed by atoms with Crippen LogP contribution in [0.25, 0.3) is 17.0 Å². The van der Waals surface area contributed by atoms with E-state index in [9.17, 15) is 0 Å². The van der Waals surface area contributed by atoms with Crippen LogP contribution in [-0.2, 0) is 5.75 Å². The molecule has 1 aromatic carbocycles. The first-order valence-corrected chi connectivity index (χ1v) is 11.0. The number of hydrogen-bond donors (Lipinski definition) is 0. The van der Waals surface area contributed by atoms with Crippen molar-refractivity contribution in [3.63, 3.8) is 0 Å². The largest absolute Gasteiger partial charge is 0.496 e. The highest BCUT2D eigenvalue weighted by Crippen LogP contribution is 2.42. The molecule has 0 unspecified atom stereocenters. The van der Waals surface area contributed by atoms with Crippen molar-refractivity contribution in [1.82, 2.24) is 24.6 Å². The fourth-order valence-corrected chi connectivity index (χ4v) is 4.77. The third-order valence-corrected chi connectivity index (χ3v) is 6.44. The third-order valence-electron chi connectivity index (χ3n) is 4.26. The topological polar surface area (TPSA) is 83.7 Å². The van der Waals surface area contributed by atoms with Crippen LogP contribution in [0, 0.1) is 6.92 Å². The fraction of sp³-hybridized carbons (Fsp3) is 0.263. The number of thiazole rings is 1. The summed E-state index contributed by atoms with van der Waals surface area (Å²) in [4.78, 5) is 14.2. The highest BCUT2D eigenvalue weighted by molar-refractivity contribution is 7.98. The van der Waals surface area contributed by atoms with Crippen LogP contribution >= 0.6 is 34.7 Å². The molecule has 0 atom stereocenters. The van der Waals surface area contributed by atoms with Gasteiger partial charge in [0.1, 0.15) is 17.2 Å². The van der Waals surface area contributed by atoms with Crippen LogP contribution in [0.4, 0.5) is 0 Å². The van der Waals surface area contributed by atoms with E-state index in [-0.39, 0.29) is 0 Å². The van der Waals surface area contributed by atoms with Gasteiger partial charge < -0.3 is 14.2 Å². The highest BCUT2D eigenvalue weighted by atomic mass is 35.5. The van der Waals surface area contributed by atoms with Gasteiger partial charge in [-0.3, -0.25) is 0 Å². The molecular formula is C19H18ClN5O3S2. The van der Waals surface area contributed by atoms with Crippen LogP contribution in [0.3, 0.4) is 0 Å². The molecule has 3 aromatic heterocycles. The quantitative estimate of drug-likeness (QED) is 0.370. The van der Waals surface area contributed by atoms with Crippen LogP contribution in [0.1, 0.15) is 10.6 Å². The molecule has 0 aliphatic rings. The van der Waals surface area contributed by atoms with E-state index in [4.69, 9.17) is 25.8 Å². The molecule has 0 aliphatic heterocycles. The van der Waals surface area contributed by atoms with E-state index < -0.39 is 0 Å². The smallest absolute Gasteiger partial charge is 0.253 e. The maximum absolute atomic E-state index is 5.91. The van der Waals surface area contributed by atoms with Gasteiger partial charge in [0.05, 0.1) is 32.6 Å². The molecule has 30 heavy (non-hydrogen) atoms. The Morgan fingerprint density at radius 3 is 2.40 bits per heavy atom. The Morgan fingerprint density at radius 1 is 1.07 bits per heavy atom. The van der Waals surface area contributed by atoms with E-state index in [0.717, 1.165) is 21.8 Å². The average Bonchev–Trinajstić information content (AvgIpc) is 3.35. The summed E-state index contributed by atoms with van der Waals surface area (Å²) in [6.45, 7) is 1.91. The summed E-state index contributed by atoms with van der Waals surface area (Å²) in [5.41, 5.74) is 2.30. The zero-order valence-electron chi connectivity index (χ0n) is 16.7. The number of thioether (sulfide) groups is 1. The summed E-state index contributed by atoms with van der Waals surface area (Å²) in [7, 11) is 4.80. The second kappa shape index (κ2) is 8.66. The lowest BCUT2D eigenvalue weighted by atomic mass is 10.1. The minimum Gasteiger partial charge on any atom is -0.496 e. The summed E-state index contributed by atoms with van der Waals surface area (Å²) >= 11 is 8.85. The predicted octanol–water partition coefficient (Wildman–Crippen LogP) is 4.53. The number of rotatable bonds is 7. The van der Waals surface area contributed by atoms with E-state index in [1.165, 1.54) is 23.1 Å². The summed E-state index contributed by atoms with van der Waals surface area (Å²) in [6, 6.07) is 5.53. The molecule has 0 amide bonds. The van der Waals surface area contributed by atoms with Crippen molar-refractivity contribution < 1.29 is 14.2 Å². The normalized spacial score (nSPS) is 11.1. The first kappa shape index (κ1) is 20.7. The highest BCUT2D eigenvalue weighted by Gasteiger charge is 2.21. The number of nitrogens with zero attached hydrogens (tertiary/aromatic N) is 5. The zero-order valence-corrected chi connectivity index (χ0v) is 19.1. The van der Waals surface area contributed by atoms with Gasteiger partial charge in [0.15, 0.2) is 4.47 Å². The monoisotopic (exact) mass is 463 g/mol. The molecule has 0 aliphatic carbocycles. The van der Waals surface area contributed by atoms with Crippen molar-refractivity contribution in [2.45, 2.75) is 17.8 Å². The van der Waals surface area contributed by atoms with Gasteiger partial charge in [0, 0.05) is 34.7 Å². The standard InChI is InChI=1S/C19H18ClN5O3S2/c1-10-5-13(16-14(27-3)6-11(26-2)7-15(16)28-4)25-18(22-10)23-19(24-25)29-9-12-8-21-17(20)30-12/h5-8H,9H2,1-4H3. The summed E-state index contributed by atoms with van der Waals surface area (Å²) in [5, 5.41) is 5.26. The molecule has 3 heterocycles. The lowest BCUT2D eigenvalue weighted by molar-refractivity contribution is 0.377. The van der Waals surface area contributed by atoms with Gasteiger partial charge in [-0.15, -0.1) is 16.4 Å². The average molecular weight is 464 g/mol. The van der Waals surface area contributed by atoms with Crippen LogP contribution in [-0.4, -0.2) is 45.9 Å². The van der Waals surface area contributed by atoms with Gasteiger partial charge in [-0.2, -0.15) is 9.50 Å². The van der Waals surface area contributed by atoms with Gasteiger partial charge in [-0.1, -0.05) is 23.4 Å². The molecule has 0 bridgehead atoms. The zero-order chi connectivity index (χ0) is 21.3. The number of halogens is 1. The van der Waals surface area contributed by atoms with Gasteiger partial charge >= 0.3 is 0 Å². The van der Waals surface area contributed by atoms with E-state index in [1.54, 1.807) is 44.2 Å². The summed E-state index contributed by atoms with van der Waals surface area (Å²) in [5.74, 6) is 3.00. The molecule has 0 radical (unpaired) electrons. The Hall–Kier alpha value is -2.56. The molecule has 4 rings (SSSR count). The van der Waals surface area contributed by atoms with Crippen LogP contribution in [0.5, 0.6) is 17.2 Å². The minimum absolute atomic E-state index is 0.495. The number of ether oxygens (including phenoxy) is 3. The number of hydrogen-bond acceptors (Lipinski definition) is 9. The summed E-state index contributed by atoms with van der Waals surface area (Å²) < 4.78 is 18.8. The molecule has 0 N–H and O–H groups in total. The number of fused-ring (bicyclic) bond motifs is 1. The van der Waals surface area contributed by atoms with E-state index in [2.05, 4.69) is 20.1 Å². The molecule has 0 saturated carbocycles. The first-order chi connectivity index (χ1) is 14.5. The number of aromatic nitrogens is 5. The molecule has 0 spiro atoms. The van der Waals surface area contributed by atoms with Gasteiger partial charge in [-0.05, 0) is 13.0 Å². The SMILES string of the molecule is COc1cc(OC)c(-c2cc(C)nc3nc(SCc4cnc(Cl)s4)nn23)c(OC)c1.